The van der Waals surface area contributed by atoms with Gasteiger partial charge in [-0.2, -0.15) is 0 Å². The molecule has 2 aromatic carbocycles. The Bertz CT molecular complexity index is 898. The van der Waals surface area contributed by atoms with Crippen molar-refractivity contribution in [2.75, 3.05) is 24.4 Å². The minimum atomic E-state index is -3.65. The van der Waals surface area contributed by atoms with Crippen LogP contribution in [0.1, 0.15) is 22.8 Å². The quantitative estimate of drug-likeness (QED) is 0.849. The van der Waals surface area contributed by atoms with Gasteiger partial charge in [0.05, 0.1) is 18.5 Å². The molecular weight excluding hydrogens is 371 g/mol. The van der Waals surface area contributed by atoms with Crippen LogP contribution >= 0.6 is 0 Å². The van der Waals surface area contributed by atoms with Crippen LogP contribution in [0.15, 0.2) is 48.5 Å². The predicted octanol–water partition coefficient (Wildman–Crippen LogP) is 2.63. The first-order valence-electron chi connectivity index (χ1n) is 8.58. The van der Waals surface area contributed by atoms with E-state index in [0.717, 1.165) is 0 Å². The topological polar surface area (TPSA) is 75.7 Å². The van der Waals surface area contributed by atoms with Crippen LogP contribution < -0.4 is 4.72 Å². The second-order valence-electron chi connectivity index (χ2n) is 6.50. The van der Waals surface area contributed by atoms with E-state index in [1.165, 1.54) is 24.3 Å². The summed E-state index contributed by atoms with van der Waals surface area (Å²) in [4.78, 5) is 14.2. The third-order valence-electron chi connectivity index (χ3n) is 4.20. The van der Waals surface area contributed by atoms with Gasteiger partial charge in [0, 0.05) is 24.3 Å². The fraction of sp³-hybridized carbons (Fsp3) is 0.316. The van der Waals surface area contributed by atoms with Crippen molar-refractivity contribution in [3.05, 3.63) is 65.5 Å². The van der Waals surface area contributed by atoms with Gasteiger partial charge < -0.3 is 9.64 Å². The van der Waals surface area contributed by atoms with Gasteiger partial charge in [0.1, 0.15) is 5.82 Å². The van der Waals surface area contributed by atoms with E-state index in [-0.39, 0.29) is 17.8 Å². The van der Waals surface area contributed by atoms with Gasteiger partial charge in [-0.05, 0) is 48.9 Å². The van der Waals surface area contributed by atoms with Crippen molar-refractivity contribution in [2.45, 2.75) is 18.8 Å². The molecule has 1 fully saturated rings. The first kappa shape index (κ1) is 19.3. The molecule has 144 valence electrons. The maximum atomic E-state index is 12.9. The summed E-state index contributed by atoms with van der Waals surface area (Å²) in [5, 5.41) is 0. The standard InChI is InChI=1S/C19H21FN2O4S/c1-14-12-22(10-11-26-14)19(23)16-4-8-18(9-5-16)21-27(24,25)13-15-2-6-17(20)7-3-15/h2-9,14,21H,10-13H2,1H3/t14-/m1/s1. The molecule has 1 aliphatic rings. The third-order valence-corrected chi connectivity index (χ3v) is 5.46. The van der Waals surface area contributed by atoms with E-state index >= 15 is 0 Å². The van der Waals surface area contributed by atoms with Gasteiger partial charge in [0.15, 0.2) is 0 Å². The summed E-state index contributed by atoms with van der Waals surface area (Å²) in [5.74, 6) is -0.788. The van der Waals surface area contributed by atoms with Crippen molar-refractivity contribution in [1.29, 1.82) is 0 Å². The van der Waals surface area contributed by atoms with Crippen LogP contribution in [0.3, 0.4) is 0 Å². The lowest BCUT2D eigenvalue weighted by molar-refractivity contribution is -0.0124. The number of sulfonamides is 1. The Balaban J connectivity index is 1.64. The van der Waals surface area contributed by atoms with E-state index < -0.39 is 15.8 Å². The average Bonchev–Trinajstić information content (AvgIpc) is 2.63. The summed E-state index contributed by atoms with van der Waals surface area (Å²) in [6, 6.07) is 11.6. The van der Waals surface area contributed by atoms with E-state index in [1.807, 2.05) is 6.92 Å². The Morgan fingerprint density at radius 1 is 1.19 bits per heavy atom. The highest BCUT2D eigenvalue weighted by atomic mass is 32.2. The zero-order valence-electron chi connectivity index (χ0n) is 14.9. The number of morpholine rings is 1. The van der Waals surface area contributed by atoms with E-state index in [9.17, 15) is 17.6 Å². The van der Waals surface area contributed by atoms with Gasteiger partial charge in [0.2, 0.25) is 10.0 Å². The first-order chi connectivity index (χ1) is 12.8. The average molecular weight is 392 g/mol. The molecule has 0 saturated carbocycles. The molecule has 1 N–H and O–H groups in total. The number of amides is 1. The number of halogens is 1. The minimum Gasteiger partial charge on any atom is -0.375 e. The number of ether oxygens (including phenoxy) is 1. The molecule has 0 aliphatic carbocycles. The van der Waals surface area contributed by atoms with Crippen LogP contribution in [0, 0.1) is 5.82 Å². The van der Waals surface area contributed by atoms with Gasteiger partial charge in [-0.1, -0.05) is 12.1 Å². The highest BCUT2D eigenvalue weighted by Crippen LogP contribution is 2.16. The van der Waals surface area contributed by atoms with Crippen molar-refractivity contribution in [1.82, 2.24) is 4.90 Å². The second kappa shape index (κ2) is 8.06. The number of anilines is 1. The molecule has 0 unspecified atom stereocenters. The van der Waals surface area contributed by atoms with E-state index in [2.05, 4.69) is 4.72 Å². The van der Waals surface area contributed by atoms with Gasteiger partial charge in [-0.25, -0.2) is 12.8 Å². The van der Waals surface area contributed by atoms with Crippen LogP contribution in [-0.2, 0) is 20.5 Å². The number of nitrogens with zero attached hydrogens (tertiary/aromatic N) is 1. The maximum Gasteiger partial charge on any atom is 0.254 e. The lowest BCUT2D eigenvalue weighted by atomic mass is 10.1. The highest BCUT2D eigenvalue weighted by Gasteiger charge is 2.22. The molecule has 3 rings (SSSR count). The molecule has 27 heavy (non-hydrogen) atoms. The monoisotopic (exact) mass is 392 g/mol. The number of hydrogen-bond acceptors (Lipinski definition) is 4. The van der Waals surface area contributed by atoms with Crippen LogP contribution in [-0.4, -0.2) is 45.0 Å². The highest BCUT2D eigenvalue weighted by molar-refractivity contribution is 7.91. The van der Waals surface area contributed by atoms with Crippen molar-refractivity contribution in [3.8, 4) is 0 Å². The minimum absolute atomic E-state index is 0.000226. The zero-order chi connectivity index (χ0) is 19.4. The Hall–Kier alpha value is -2.45. The summed E-state index contributed by atoms with van der Waals surface area (Å²) >= 11 is 0. The Morgan fingerprint density at radius 3 is 2.48 bits per heavy atom. The molecular formula is C19H21FN2O4S. The molecule has 1 atom stereocenters. The number of benzene rings is 2. The molecule has 0 bridgehead atoms. The number of hydrogen-bond donors (Lipinski definition) is 1. The van der Waals surface area contributed by atoms with Gasteiger partial charge in [0.25, 0.3) is 5.91 Å². The van der Waals surface area contributed by atoms with Crippen LogP contribution in [0.5, 0.6) is 0 Å². The Labute approximate surface area is 158 Å². The molecule has 1 heterocycles. The predicted molar refractivity (Wildman–Crippen MR) is 100 cm³/mol. The zero-order valence-corrected chi connectivity index (χ0v) is 15.7. The number of carbonyl (C=O) groups is 1. The van der Waals surface area contributed by atoms with Crippen molar-refractivity contribution >= 4 is 21.6 Å². The molecule has 8 heteroatoms. The normalized spacial score (nSPS) is 17.6. The Morgan fingerprint density at radius 2 is 1.85 bits per heavy atom. The van der Waals surface area contributed by atoms with Crippen molar-refractivity contribution < 1.29 is 22.3 Å². The summed E-state index contributed by atoms with van der Waals surface area (Å²) in [7, 11) is -3.65. The van der Waals surface area contributed by atoms with Crippen LogP contribution in [0.25, 0.3) is 0 Å². The first-order valence-corrected chi connectivity index (χ1v) is 10.2. The maximum absolute atomic E-state index is 12.9. The number of nitrogens with one attached hydrogen (secondary N) is 1. The van der Waals surface area contributed by atoms with Crippen LogP contribution in [0.4, 0.5) is 10.1 Å². The third kappa shape index (κ3) is 5.27. The fourth-order valence-corrected chi connectivity index (χ4v) is 4.08. The fourth-order valence-electron chi connectivity index (χ4n) is 2.88. The summed E-state index contributed by atoms with van der Waals surface area (Å²) < 4.78 is 45.3. The number of rotatable bonds is 5. The van der Waals surface area contributed by atoms with Gasteiger partial charge in [-0.15, -0.1) is 0 Å². The van der Waals surface area contributed by atoms with Crippen molar-refractivity contribution in [2.24, 2.45) is 0 Å². The molecule has 0 spiro atoms. The largest absolute Gasteiger partial charge is 0.375 e. The Kier molecular flexibility index (Phi) is 5.76. The molecule has 2 aromatic rings. The molecule has 0 aromatic heterocycles. The SMILES string of the molecule is C[C@@H]1CN(C(=O)c2ccc(NS(=O)(=O)Cc3ccc(F)cc3)cc2)CCO1. The van der Waals surface area contributed by atoms with Gasteiger partial charge >= 0.3 is 0 Å². The lowest BCUT2D eigenvalue weighted by Crippen LogP contribution is -2.44. The van der Waals surface area contributed by atoms with Gasteiger partial charge in [-0.3, -0.25) is 9.52 Å². The van der Waals surface area contributed by atoms with E-state index in [0.29, 0.717) is 36.5 Å². The molecule has 1 amide bonds. The molecule has 6 nitrogen and oxygen atoms in total. The summed E-state index contributed by atoms with van der Waals surface area (Å²) in [5.41, 5.74) is 1.34. The smallest absolute Gasteiger partial charge is 0.254 e. The van der Waals surface area contributed by atoms with Crippen LogP contribution in [0.2, 0.25) is 0 Å². The molecule has 1 aliphatic heterocycles. The summed E-state index contributed by atoms with van der Waals surface area (Å²) in [6.45, 7) is 3.49. The van der Waals surface area contributed by atoms with Crippen molar-refractivity contribution in [3.63, 3.8) is 0 Å². The summed E-state index contributed by atoms with van der Waals surface area (Å²) in [6.07, 6.45) is 0.000226. The van der Waals surface area contributed by atoms with E-state index in [4.69, 9.17) is 4.74 Å². The van der Waals surface area contributed by atoms with E-state index in [1.54, 1.807) is 29.2 Å². The molecule has 1 saturated heterocycles. The molecule has 0 radical (unpaired) electrons. The second-order valence-corrected chi connectivity index (χ2v) is 8.22. The lowest BCUT2D eigenvalue weighted by Gasteiger charge is -2.31. The number of carbonyl (C=O) groups excluding carboxylic acids is 1.